The molecule has 4 nitrogen and oxygen atoms in total. The van der Waals surface area contributed by atoms with Gasteiger partial charge >= 0.3 is 5.97 Å². The van der Waals surface area contributed by atoms with Crippen LogP contribution in [0.15, 0.2) is 47.1 Å². The largest absolute Gasteiger partial charge is 0.477 e. The van der Waals surface area contributed by atoms with Crippen LogP contribution in [0.2, 0.25) is 0 Å². The van der Waals surface area contributed by atoms with E-state index in [0.29, 0.717) is 0 Å². The fourth-order valence-corrected chi connectivity index (χ4v) is 1.99. The van der Waals surface area contributed by atoms with E-state index in [-0.39, 0.29) is 11.7 Å². The Balaban J connectivity index is 2.14. The molecule has 0 spiro atoms. The summed E-state index contributed by atoms with van der Waals surface area (Å²) in [4.78, 5) is 14.6. The molecule has 1 aromatic carbocycles. The van der Waals surface area contributed by atoms with Gasteiger partial charge in [0.2, 0.25) is 0 Å². The average Bonchev–Trinajstić information content (AvgIpc) is 2.39. The van der Waals surface area contributed by atoms with E-state index in [1.54, 1.807) is 6.07 Å². The van der Waals surface area contributed by atoms with Crippen LogP contribution >= 0.6 is 15.9 Å². The summed E-state index contributed by atoms with van der Waals surface area (Å²) in [5.41, 5.74) is 1.90. The van der Waals surface area contributed by atoms with Crippen LogP contribution in [-0.4, -0.2) is 16.1 Å². The molecule has 0 aliphatic carbocycles. The van der Waals surface area contributed by atoms with Crippen molar-refractivity contribution in [2.24, 2.45) is 0 Å². The van der Waals surface area contributed by atoms with Gasteiger partial charge in [-0.2, -0.15) is 0 Å². The number of aromatic carboxylic acids is 1. The third kappa shape index (κ3) is 3.54. The van der Waals surface area contributed by atoms with Crippen LogP contribution in [0.5, 0.6) is 0 Å². The first-order chi connectivity index (χ1) is 9.06. The molecule has 0 radical (unpaired) electrons. The summed E-state index contributed by atoms with van der Waals surface area (Å²) >= 11 is 3.39. The molecule has 0 saturated carbocycles. The molecule has 0 aliphatic rings. The van der Waals surface area contributed by atoms with Crippen LogP contribution in [0.4, 0.5) is 5.69 Å². The summed E-state index contributed by atoms with van der Waals surface area (Å²) in [6, 6.07) is 11.3. The van der Waals surface area contributed by atoms with Crippen molar-refractivity contribution < 1.29 is 9.90 Å². The predicted molar refractivity (Wildman–Crippen MR) is 77.4 cm³/mol. The summed E-state index contributed by atoms with van der Waals surface area (Å²) in [6.45, 7) is 2.02. The van der Waals surface area contributed by atoms with Crippen molar-refractivity contribution in [3.63, 3.8) is 0 Å². The highest BCUT2D eigenvalue weighted by molar-refractivity contribution is 9.10. The van der Waals surface area contributed by atoms with Crippen molar-refractivity contribution >= 4 is 27.6 Å². The molecule has 0 aliphatic heterocycles. The Labute approximate surface area is 119 Å². The molecule has 1 aromatic heterocycles. The van der Waals surface area contributed by atoms with E-state index in [9.17, 15) is 4.79 Å². The molecule has 1 unspecified atom stereocenters. The number of carboxylic acid groups (broad SMARTS) is 1. The van der Waals surface area contributed by atoms with Crippen molar-refractivity contribution in [3.05, 3.63) is 58.3 Å². The molecule has 1 atom stereocenters. The summed E-state index contributed by atoms with van der Waals surface area (Å²) in [6.07, 6.45) is 1.49. The molecule has 19 heavy (non-hydrogen) atoms. The van der Waals surface area contributed by atoms with E-state index < -0.39 is 5.97 Å². The maximum absolute atomic E-state index is 10.9. The Hall–Kier alpha value is -1.88. The third-order valence-electron chi connectivity index (χ3n) is 2.73. The number of benzene rings is 1. The molecule has 5 heteroatoms. The van der Waals surface area contributed by atoms with E-state index in [2.05, 4.69) is 26.2 Å². The average molecular weight is 321 g/mol. The number of pyridine rings is 1. The molecule has 2 N–H and O–H groups in total. The van der Waals surface area contributed by atoms with Crippen molar-refractivity contribution in [1.29, 1.82) is 0 Å². The van der Waals surface area contributed by atoms with Crippen molar-refractivity contribution in [2.75, 3.05) is 5.32 Å². The second-order valence-corrected chi connectivity index (χ2v) is 5.07. The fourth-order valence-electron chi connectivity index (χ4n) is 1.72. The first-order valence-electron chi connectivity index (χ1n) is 5.77. The normalized spacial score (nSPS) is 11.9. The molecule has 0 bridgehead atoms. The second kappa shape index (κ2) is 5.84. The Kier molecular flexibility index (Phi) is 4.16. The number of hydrogen-bond donors (Lipinski definition) is 2. The van der Waals surface area contributed by atoms with Gasteiger partial charge in [0.1, 0.15) is 5.69 Å². The number of nitrogens with one attached hydrogen (secondary N) is 1. The zero-order valence-electron chi connectivity index (χ0n) is 10.3. The fraction of sp³-hybridized carbons (Fsp3) is 0.143. The topological polar surface area (TPSA) is 62.2 Å². The Morgan fingerprint density at radius 1 is 1.32 bits per heavy atom. The monoisotopic (exact) mass is 320 g/mol. The molecule has 2 rings (SSSR count). The lowest BCUT2D eigenvalue weighted by atomic mass is 10.1. The highest BCUT2D eigenvalue weighted by atomic mass is 79.9. The molecular weight excluding hydrogens is 308 g/mol. The summed E-state index contributed by atoms with van der Waals surface area (Å²) in [7, 11) is 0. The predicted octanol–water partition coefficient (Wildman–Crippen LogP) is 3.72. The van der Waals surface area contributed by atoms with Gasteiger partial charge in [0.05, 0.1) is 0 Å². The van der Waals surface area contributed by atoms with Gasteiger partial charge < -0.3 is 10.4 Å². The Bertz CT molecular complexity index is 584. The zero-order chi connectivity index (χ0) is 13.8. The number of nitrogens with zero attached hydrogens (tertiary/aromatic N) is 1. The van der Waals surface area contributed by atoms with E-state index in [1.807, 2.05) is 31.2 Å². The van der Waals surface area contributed by atoms with Gasteiger partial charge in [-0.1, -0.05) is 28.1 Å². The summed E-state index contributed by atoms with van der Waals surface area (Å²) in [5, 5.41) is 12.1. The Morgan fingerprint density at radius 3 is 2.63 bits per heavy atom. The zero-order valence-corrected chi connectivity index (χ0v) is 11.9. The van der Waals surface area contributed by atoms with E-state index >= 15 is 0 Å². The summed E-state index contributed by atoms with van der Waals surface area (Å²) in [5.74, 6) is -1.03. The highest BCUT2D eigenvalue weighted by Crippen LogP contribution is 2.21. The van der Waals surface area contributed by atoms with Gasteiger partial charge in [-0.3, -0.25) is 0 Å². The first-order valence-corrected chi connectivity index (χ1v) is 6.57. The van der Waals surface area contributed by atoms with Crippen LogP contribution in [0.1, 0.15) is 29.0 Å². The van der Waals surface area contributed by atoms with Gasteiger partial charge in [-0.15, -0.1) is 0 Å². The molecule has 0 fully saturated rings. The SMILES string of the molecule is CC(Nc1ccnc(C(=O)O)c1)c1ccc(Br)cc1. The van der Waals surface area contributed by atoms with Gasteiger partial charge in [0, 0.05) is 22.4 Å². The first kappa shape index (κ1) is 13.5. The van der Waals surface area contributed by atoms with E-state index in [1.165, 1.54) is 12.3 Å². The van der Waals surface area contributed by atoms with Crippen LogP contribution in [-0.2, 0) is 0 Å². The number of carbonyl (C=O) groups is 1. The molecular formula is C14H13BrN2O2. The van der Waals surface area contributed by atoms with Gasteiger partial charge in [-0.05, 0) is 36.8 Å². The molecule has 1 heterocycles. The highest BCUT2D eigenvalue weighted by Gasteiger charge is 2.08. The van der Waals surface area contributed by atoms with Crippen LogP contribution in [0.25, 0.3) is 0 Å². The minimum Gasteiger partial charge on any atom is -0.477 e. The van der Waals surface area contributed by atoms with Crippen LogP contribution in [0.3, 0.4) is 0 Å². The lowest BCUT2D eigenvalue weighted by Crippen LogP contribution is -2.08. The number of aromatic nitrogens is 1. The van der Waals surface area contributed by atoms with Gasteiger partial charge in [-0.25, -0.2) is 9.78 Å². The van der Waals surface area contributed by atoms with Crippen molar-refractivity contribution in [1.82, 2.24) is 4.98 Å². The minimum atomic E-state index is -1.03. The number of halogens is 1. The van der Waals surface area contributed by atoms with E-state index in [4.69, 9.17) is 5.11 Å². The number of rotatable bonds is 4. The molecule has 98 valence electrons. The quantitative estimate of drug-likeness (QED) is 0.901. The van der Waals surface area contributed by atoms with Gasteiger partial charge in [0.15, 0.2) is 0 Å². The molecule has 0 saturated heterocycles. The number of carboxylic acids is 1. The third-order valence-corrected chi connectivity index (χ3v) is 3.26. The minimum absolute atomic E-state index is 0.0352. The lowest BCUT2D eigenvalue weighted by Gasteiger charge is -2.16. The second-order valence-electron chi connectivity index (χ2n) is 4.15. The smallest absolute Gasteiger partial charge is 0.354 e. The Morgan fingerprint density at radius 2 is 2.00 bits per heavy atom. The molecule has 0 amide bonds. The van der Waals surface area contributed by atoms with Gasteiger partial charge in [0.25, 0.3) is 0 Å². The van der Waals surface area contributed by atoms with E-state index in [0.717, 1.165) is 15.7 Å². The molecule has 2 aromatic rings. The summed E-state index contributed by atoms with van der Waals surface area (Å²) < 4.78 is 1.03. The van der Waals surface area contributed by atoms with Crippen molar-refractivity contribution in [3.8, 4) is 0 Å². The standard InChI is InChI=1S/C14H13BrN2O2/c1-9(10-2-4-11(15)5-3-10)17-12-6-7-16-13(8-12)14(18)19/h2-9H,1H3,(H,16,17)(H,18,19). The number of anilines is 1. The maximum atomic E-state index is 10.9. The van der Waals surface area contributed by atoms with Crippen LogP contribution in [0, 0.1) is 0 Å². The maximum Gasteiger partial charge on any atom is 0.354 e. The van der Waals surface area contributed by atoms with Crippen molar-refractivity contribution in [2.45, 2.75) is 13.0 Å². The lowest BCUT2D eigenvalue weighted by molar-refractivity contribution is 0.0690. The number of hydrogen-bond acceptors (Lipinski definition) is 3. The van der Waals surface area contributed by atoms with Crippen LogP contribution < -0.4 is 5.32 Å².